The monoisotopic (exact) mass is 347 g/mol. The first kappa shape index (κ1) is 16.9. The van der Waals surface area contributed by atoms with Gasteiger partial charge in [-0.25, -0.2) is 8.42 Å². The Morgan fingerprint density at radius 2 is 2.09 bits per heavy atom. The molecule has 0 spiro atoms. The number of amides is 1. The van der Waals surface area contributed by atoms with Crippen molar-refractivity contribution in [3.63, 3.8) is 0 Å². The Morgan fingerprint density at radius 1 is 1.36 bits per heavy atom. The molecule has 1 aliphatic heterocycles. The Morgan fingerprint density at radius 3 is 2.64 bits per heavy atom. The average Bonchev–Trinajstić information content (AvgIpc) is 2.83. The number of methoxy groups -OCH3 is 2. The van der Waals surface area contributed by atoms with Crippen LogP contribution in [-0.2, 0) is 9.84 Å². The molecule has 122 valence electrons. The molecule has 8 heteroatoms. The topological polar surface area (TPSA) is 81.7 Å². The molecule has 1 aromatic rings. The van der Waals surface area contributed by atoms with Crippen molar-refractivity contribution in [1.29, 1.82) is 0 Å². The average molecular weight is 348 g/mol. The van der Waals surface area contributed by atoms with E-state index >= 15 is 0 Å². The van der Waals surface area contributed by atoms with E-state index in [0.29, 0.717) is 30.0 Å². The molecule has 0 aromatic heterocycles. The zero-order valence-corrected chi connectivity index (χ0v) is 14.0. The summed E-state index contributed by atoms with van der Waals surface area (Å²) < 4.78 is 33.0. The van der Waals surface area contributed by atoms with Gasteiger partial charge in [-0.2, -0.15) is 0 Å². The standard InChI is InChI=1S/C14H18ClNO5S/c1-20-12-6-10(5-11(15)13(12)21-2)14(17)16-7-9-3-4-22(18,19)8-9/h5-6,9H,3-4,7-8H2,1-2H3,(H,16,17)/t9-/m1/s1. The normalized spacial score (nSPS) is 19.7. The van der Waals surface area contributed by atoms with Gasteiger partial charge in [0.25, 0.3) is 5.91 Å². The van der Waals surface area contributed by atoms with Crippen LogP contribution in [0.2, 0.25) is 5.02 Å². The maximum absolute atomic E-state index is 12.2. The molecule has 1 heterocycles. The third-order valence-electron chi connectivity index (χ3n) is 3.57. The molecule has 0 saturated carbocycles. The van der Waals surface area contributed by atoms with Gasteiger partial charge in [0.05, 0.1) is 30.7 Å². The van der Waals surface area contributed by atoms with Crippen LogP contribution in [0.25, 0.3) is 0 Å². The minimum atomic E-state index is -2.94. The van der Waals surface area contributed by atoms with Crippen LogP contribution < -0.4 is 14.8 Å². The molecule has 6 nitrogen and oxygen atoms in total. The molecule has 1 N–H and O–H groups in total. The van der Waals surface area contributed by atoms with E-state index in [1.165, 1.54) is 26.4 Å². The largest absolute Gasteiger partial charge is 0.493 e. The molecule has 0 aliphatic carbocycles. The van der Waals surface area contributed by atoms with Crippen molar-refractivity contribution in [2.45, 2.75) is 6.42 Å². The molecule has 1 saturated heterocycles. The molecule has 0 unspecified atom stereocenters. The Bertz CT molecular complexity index is 674. The van der Waals surface area contributed by atoms with E-state index in [-0.39, 0.29) is 28.4 Å². The van der Waals surface area contributed by atoms with Crippen LogP contribution in [-0.4, -0.2) is 46.6 Å². The number of hydrogen-bond donors (Lipinski definition) is 1. The van der Waals surface area contributed by atoms with E-state index in [1.54, 1.807) is 0 Å². The summed E-state index contributed by atoms with van der Waals surface area (Å²) >= 11 is 6.06. The highest BCUT2D eigenvalue weighted by Crippen LogP contribution is 2.36. The minimum absolute atomic E-state index is 0.0374. The van der Waals surface area contributed by atoms with Gasteiger partial charge in [0, 0.05) is 12.1 Å². The Hall–Kier alpha value is -1.47. The quantitative estimate of drug-likeness (QED) is 0.873. The summed E-state index contributed by atoms with van der Waals surface area (Å²) in [5.41, 5.74) is 0.337. The first-order valence-corrected chi connectivity index (χ1v) is 8.96. The van der Waals surface area contributed by atoms with Gasteiger partial charge in [0.2, 0.25) is 0 Å². The smallest absolute Gasteiger partial charge is 0.251 e. The maximum Gasteiger partial charge on any atom is 0.251 e. The fourth-order valence-corrected chi connectivity index (χ4v) is 4.57. The molecule has 22 heavy (non-hydrogen) atoms. The summed E-state index contributed by atoms with van der Waals surface area (Å²) in [6.07, 6.45) is 0.579. The molecule has 1 atom stereocenters. The van der Waals surface area contributed by atoms with Crippen molar-refractivity contribution in [2.24, 2.45) is 5.92 Å². The summed E-state index contributed by atoms with van der Waals surface area (Å²) in [5.74, 6) is 0.679. The van der Waals surface area contributed by atoms with Crippen LogP contribution in [0.4, 0.5) is 0 Å². The second-order valence-electron chi connectivity index (χ2n) is 5.17. The number of hydrogen-bond acceptors (Lipinski definition) is 5. The lowest BCUT2D eigenvalue weighted by molar-refractivity contribution is 0.0948. The summed E-state index contributed by atoms with van der Waals surface area (Å²) in [5, 5.41) is 3.01. The lowest BCUT2D eigenvalue weighted by Gasteiger charge is -2.13. The fourth-order valence-electron chi connectivity index (χ4n) is 2.42. The number of carbonyl (C=O) groups excluding carboxylic acids is 1. The first-order chi connectivity index (χ1) is 10.4. The van der Waals surface area contributed by atoms with Gasteiger partial charge in [0.1, 0.15) is 0 Å². The van der Waals surface area contributed by atoms with Gasteiger partial charge < -0.3 is 14.8 Å². The summed E-state index contributed by atoms with van der Waals surface area (Å²) in [6, 6.07) is 3.02. The SMILES string of the molecule is COc1cc(C(=O)NC[C@H]2CCS(=O)(=O)C2)cc(Cl)c1OC. The molecular weight excluding hydrogens is 330 g/mol. The van der Waals surface area contributed by atoms with E-state index in [2.05, 4.69) is 5.32 Å². The predicted molar refractivity (Wildman–Crippen MR) is 83.7 cm³/mol. The van der Waals surface area contributed by atoms with E-state index in [1.807, 2.05) is 0 Å². The molecule has 1 fully saturated rings. The van der Waals surface area contributed by atoms with Gasteiger partial charge >= 0.3 is 0 Å². The second kappa shape index (κ2) is 6.75. The third-order valence-corrected chi connectivity index (χ3v) is 5.69. The fraction of sp³-hybridized carbons (Fsp3) is 0.500. The summed E-state index contributed by atoms with van der Waals surface area (Å²) in [6.45, 7) is 0.323. The molecule has 1 amide bonds. The Kier molecular flexibility index (Phi) is 5.18. The van der Waals surface area contributed by atoms with Gasteiger partial charge in [-0.15, -0.1) is 0 Å². The number of rotatable bonds is 5. The number of benzene rings is 1. The molecule has 1 aromatic carbocycles. The number of sulfone groups is 1. The number of carbonyl (C=O) groups is 1. The number of nitrogens with one attached hydrogen (secondary N) is 1. The molecule has 1 aliphatic rings. The molecular formula is C14H18ClNO5S. The minimum Gasteiger partial charge on any atom is -0.493 e. The Labute approximate surface area is 134 Å². The zero-order chi connectivity index (χ0) is 16.3. The summed E-state index contributed by atoms with van der Waals surface area (Å²) in [4.78, 5) is 12.2. The predicted octanol–water partition coefficient (Wildman–Crippen LogP) is 1.52. The van der Waals surface area contributed by atoms with Crippen molar-refractivity contribution in [1.82, 2.24) is 5.32 Å². The van der Waals surface area contributed by atoms with Crippen LogP contribution in [0.15, 0.2) is 12.1 Å². The van der Waals surface area contributed by atoms with Crippen LogP contribution in [0.1, 0.15) is 16.8 Å². The van der Waals surface area contributed by atoms with Crippen molar-refractivity contribution >= 4 is 27.3 Å². The molecule has 2 rings (SSSR count). The van der Waals surface area contributed by atoms with Crippen LogP contribution in [0, 0.1) is 5.92 Å². The highest BCUT2D eigenvalue weighted by atomic mass is 35.5. The van der Waals surface area contributed by atoms with Crippen molar-refractivity contribution < 1.29 is 22.7 Å². The van der Waals surface area contributed by atoms with Gasteiger partial charge in [-0.3, -0.25) is 4.79 Å². The van der Waals surface area contributed by atoms with E-state index in [4.69, 9.17) is 21.1 Å². The van der Waals surface area contributed by atoms with Crippen molar-refractivity contribution in [3.05, 3.63) is 22.7 Å². The molecule has 0 bridgehead atoms. The van der Waals surface area contributed by atoms with Gasteiger partial charge in [-0.1, -0.05) is 11.6 Å². The Balaban J connectivity index is 2.05. The van der Waals surface area contributed by atoms with Crippen molar-refractivity contribution in [3.8, 4) is 11.5 Å². The highest BCUT2D eigenvalue weighted by molar-refractivity contribution is 7.91. The number of ether oxygens (including phenoxy) is 2. The van der Waals surface area contributed by atoms with Gasteiger partial charge in [-0.05, 0) is 24.5 Å². The van der Waals surface area contributed by atoms with Crippen LogP contribution in [0.5, 0.6) is 11.5 Å². The maximum atomic E-state index is 12.2. The van der Waals surface area contributed by atoms with Crippen LogP contribution >= 0.6 is 11.6 Å². The first-order valence-electron chi connectivity index (χ1n) is 6.76. The van der Waals surface area contributed by atoms with E-state index in [0.717, 1.165) is 0 Å². The highest BCUT2D eigenvalue weighted by Gasteiger charge is 2.28. The lowest BCUT2D eigenvalue weighted by Crippen LogP contribution is -2.29. The number of halogens is 1. The van der Waals surface area contributed by atoms with Gasteiger partial charge in [0.15, 0.2) is 21.3 Å². The molecule has 0 radical (unpaired) electrons. The third kappa shape index (κ3) is 3.84. The lowest BCUT2D eigenvalue weighted by atomic mass is 10.1. The zero-order valence-electron chi connectivity index (χ0n) is 12.4. The second-order valence-corrected chi connectivity index (χ2v) is 7.81. The van der Waals surface area contributed by atoms with E-state index < -0.39 is 9.84 Å². The van der Waals surface area contributed by atoms with E-state index in [9.17, 15) is 13.2 Å². The van der Waals surface area contributed by atoms with Crippen molar-refractivity contribution in [2.75, 3.05) is 32.3 Å². The summed E-state index contributed by atoms with van der Waals surface area (Å²) in [7, 11) is -0.0234. The van der Waals surface area contributed by atoms with Crippen LogP contribution in [0.3, 0.4) is 0 Å².